The Kier molecular flexibility index (Phi) is 4.67. The number of anilines is 1. The summed E-state index contributed by atoms with van der Waals surface area (Å²) in [5.41, 5.74) is 1.11. The molecule has 0 aliphatic rings. The molecule has 0 spiro atoms. The number of nitrogens with zero attached hydrogens (tertiary/aromatic N) is 1. The van der Waals surface area contributed by atoms with Gasteiger partial charge in [0.1, 0.15) is 17.1 Å². The van der Waals surface area contributed by atoms with Gasteiger partial charge in [-0.05, 0) is 60.7 Å². The van der Waals surface area contributed by atoms with Crippen LogP contribution in [0.4, 0.5) is 10.1 Å². The lowest BCUT2D eigenvalue weighted by Gasteiger charge is -2.10. The third-order valence-corrected chi connectivity index (χ3v) is 5.45. The predicted molar refractivity (Wildman–Crippen MR) is 105 cm³/mol. The van der Waals surface area contributed by atoms with Crippen LogP contribution in [0.25, 0.3) is 10.9 Å². The van der Waals surface area contributed by atoms with Crippen molar-refractivity contribution in [1.29, 1.82) is 0 Å². The lowest BCUT2D eigenvalue weighted by molar-refractivity contribution is 0.487. The second-order valence-electron chi connectivity index (χ2n) is 6.02. The minimum atomic E-state index is -3.80. The van der Waals surface area contributed by atoms with E-state index >= 15 is 0 Å². The van der Waals surface area contributed by atoms with Crippen molar-refractivity contribution in [3.05, 3.63) is 90.9 Å². The van der Waals surface area contributed by atoms with E-state index in [1.165, 1.54) is 12.1 Å². The molecule has 1 aromatic heterocycles. The fourth-order valence-electron chi connectivity index (χ4n) is 2.70. The van der Waals surface area contributed by atoms with E-state index in [0.29, 0.717) is 17.2 Å². The smallest absolute Gasteiger partial charge is 0.261 e. The number of rotatable bonds is 5. The molecule has 1 N–H and O–H groups in total. The van der Waals surface area contributed by atoms with Crippen molar-refractivity contribution in [3.63, 3.8) is 0 Å². The van der Waals surface area contributed by atoms with Crippen molar-refractivity contribution in [2.75, 3.05) is 4.72 Å². The van der Waals surface area contributed by atoms with E-state index in [2.05, 4.69) is 9.71 Å². The fraction of sp³-hybridized carbons (Fsp3) is 0. The van der Waals surface area contributed by atoms with Gasteiger partial charge in [0, 0.05) is 17.3 Å². The number of para-hydroxylation sites is 1. The van der Waals surface area contributed by atoms with Gasteiger partial charge >= 0.3 is 0 Å². The van der Waals surface area contributed by atoms with Gasteiger partial charge in [0.2, 0.25) is 0 Å². The molecule has 140 valence electrons. The Balaban J connectivity index is 1.53. The molecule has 0 saturated heterocycles. The van der Waals surface area contributed by atoms with Gasteiger partial charge in [-0.1, -0.05) is 18.2 Å². The summed E-state index contributed by atoms with van der Waals surface area (Å²) in [7, 11) is -3.80. The minimum Gasteiger partial charge on any atom is -0.455 e. The van der Waals surface area contributed by atoms with E-state index in [0.717, 1.165) is 23.0 Å². The fourth-order valence-corrected chi connectivity index (χ4v) is 3.76. The van der Waals surface area contributed by atoms with Crippen LogP contribution in [0.15, 0.2) is 90.0 Å². The Morgan fingerprint density at radius 1 is 0.857 bits per heavy atom. The average Bonchev–Trinajstić information content (AvgIpc) is 2.70. The number of fused-ring (bicyclic) bond motifs is 1. The third kappa shape index (κ3) is 3.79. The molecule has 0 aliphatic carbocycles. The first-order valence-corrected chi connectivity index (χ1v) is 9.90. The highest BCUT2D eigenvalue weighted by atomic mass is 32.2. The highest BCUT2D eigenvalue weighted by molar-refractivity contribution is 7.92. The molecule has 0 aliphatic heterocycles. The van der Waals surface area contributed by atoms with E-state index in [1.54, 1.807) is 30.5 Å². The lowest BCUT2D eigenvalue weighted by Crippen LogP contribution is -2.12. The second kappa shape index (κ2) is 7.28. The zero-order valence-electron chi connectivity index (χ0n) is 14.5. The normalized spacial score (nSPS) is 11.3. The van der Waals surface area contributed by atoms with Gasteiger partial charge in [0.25, 0.3) is 10.0 Å². The molecule has 0 amide bonds. The standard InChI is InChI=1S/C21H15FN2O3S/c22-16-6-12-19(13-7-16)28(25,26)24-17-8-10-18(11-9-17)27-20-5-1-3-15-4-2-14-23-21(15)20/h1-14,24H. The number of hydrogen-bond donors (Lipinski definition) is 1. The van der Waals surface area contributed by atoms with E-state index in [4.69, 9.17) is 4.74 Å². The van der Waals surface area contributed by atoms with Crippen LogP contribution >= 0.6 is 0 Å². The number of aromatic nitrogens is 1. The Hall–Kier alpha value is -3.45. The van der Waals surface area contributed by atoms with E-state index in [1.807, 2.05) is 30.3 Å². The van der Waals surface area contributed by atoms with Crippen LogP contribution in [0, 0.1) is 5.82 Å². The van der Waals surface area contributed by atoms with Crippen LogP contribution in [-0.4, -0.2) is 13.4 Å². The van der Waals surface area contributed by atoms with Crippen LogP contribution in [0.1, 0.15) is 0 Å². The molecule has 4 rings (SSSR count). The predicted octanol–water partition coefficient (Wildman–Crippen LogP) is 4.97. The molecule has 28 heavy (non-hydrogen) atoms. The molecule has 4 aromatic rings. The summed E-state index contributed by atoms with van der Waals surface area (Å²) >= 11 is 0. The van der Waals surface area contributed by atoms with Crippen LogP contribution in [-0.2, 0) is 10.0 Å². The molecule has 0 saturated carbocycles. The van der Waals surface area contributed by atoms with Crippen molar-refractivity contribution >= 4 is 26.6 Å². The van der Waals surface area contributed by atoms with Crippen LogP contribution in [0.3, 0.4) is 0 Å². The summed E-state index contributed by atoms with van der Waals surface area (Å²) in [5.74, 6) is 0.656. The number of nitrogens with one attached hydrogen (secondary N) is 1. The Morgan fingerprint density at radius 3 is 2.32 bits per heavy atom. The van der Waals surface area contributed by atoms with Crippen molar-refractivity contribution in [2.45, 2.75) is 4.90 Å². The number of hydrogen-bond acceptors (Lipinski definition) is 4. The van der Waals surface area contributed by atoms with Gasteiger partial charge < -0.3 is 4.74 Å². The summed E-state index contributed by atoms with van der Waals surface area (Å²) in [6.45, 7) is 0. The Morgan fingerprint density at radius 2 is 1.57 bits per heavy atom. The lowest BCUT2D eigenvalue weighted by atomic mass is 10.2. The molecule has 0 bridgehead atoms. The molecule has 3 aromatic carbocycles. The molecule has 0 unspecified atom stereocenters. The summed E-state index contributed by atoms with van der Waals surface area (Å²) in [4.78, 5) is 4.32. The number of halogens is 1. The first-order valence-electron chi connectivity index (χ1n) is 8.41. The number of ether oxygens (including phenoxy) is 1. The highest BCUT2D eigenvalue weighted by Gasteiger charge is 2.14. The van der Waals surface area contributed by atoms with Crippen molar-refractivity contribution in [1.82, 2.24) is 4.98 Å². The van der Waals surface area contributed by atoms with Crippen LogP contribution in [0.2, 0.25) is 0 Å². The maximum absolute atomic E-state index is 13.0. The first-order chi connectivity index (χ1) is 13.5. The molecule has 1 heterocycles. The Labute approximate surface area is 161 Å². The zero-order chi connectivity index (χ0) is 19.6. The maximum atomic E-state index is 13.0. The molecular formula is C21H15FN2O3S. The largest absolute Gasteiger partial charge is 0.455 e. The summed E-state index contributed by atoms with van der Waals surface area (Å²) in [5, 5.41) is 0.962. The monoisotopic (exact) mass is 394 g/mol. The van der Waals surface area contributed by atoms with Crippen LogP contribution in [0.5, 0.6) is 11.5 Å². The molecule has 5 nitrogen and oxygen atoms in total. The maximum Gasteiger partial charge on any atom is 0.261 e. The number of benzene rings is 3. The third-order valence-electron chi connectivity index (χ3n) is 4.05. The van der Waals surface area contributed by atoms with Gasteiger partial charge in [0.15, 0.2) is 5.75 Å². The average molecular weight is 394 g/mol. The minimum absolute atomic E-state index is 0.0175. The second-order valence-corrected chi connectivity index (χ2v) is 7.70. The van der Waals surface area contributed by atoms with Crippen molar-refractivity contribution < 1.29 is 17.5 Å². The molecule has 0 atom stereocenters. The number of pyridine rings is 1. The molecule has 0 fully saturated rings. The van der Waals surface area contributed by atoms with E-state index in [-0.39, 0.29) is 4.90 Å². The molecular weight excluding hydrogens is 379 g/mol. The molecule has 0 radical (unpaired) electrons. The molecule has 7 heteroatoms. The Bertz CT molecular complexity index is 1220. The van der Waals surface area contributed by atoms with Crippen LogP contribution < -0.4 is 9.46 Å². The van der Waals surface area contributed by atoms with Gasteiger partial charge in [-0.15, -0.1) is 0 Å². The van der Waals surface area contributed by atoms with Gasteiger partial charge in [-0.3, -0.25) is 9.71 Å². The van der Waals surface area contributed by atoms with E-state index in [9.17, 15) is 12.8 Å². The van der Waals surface area contributed by atoms with Gasteiger partial charge in [0.05, 0.1) is 4.90 Å². The summed E-state index contributed by atoms with van der Waals surface area (Å²) in [6.07, 6.45) is 1.70. The van der Waals surface area contributed by atoms with Crippen molar-refractivity contribution in [3.8, 4) is 11.5 Å². The van der Waals surface area contributed by atoms with Gasteiger partial charge in [-0.25, -0.2) is 12.8 Å². The number of sulfonamides is 1. The quantitative estimate of drug-likeness (QED) is 0.519. The first kappa shape index (κ1) is 17.9. The van der Waals surface area contributed by atoms with Crippen molar-refractivity contribution in [2.24, 2.45) is 0 Å². The zero-order valence-corrected chi connectivity index (χ0v) is 15.4. The SMILES string of the molecule is O=S(=O)(Nc1ccc(Oc2cccc3cccnc23)cc1)c1ccc(F)cc1. The summed E-state index contributed by atoms with van der Waals surface area (Å²) < 4.78 is 46.1. The highest BCUT2D eigenvalue weighted by Crippen LogP contribution is 2.29. The van der Waals surface area contributed by atoms with E-state index < -0.39 is 15.8 Å². The van der Waals surface area contributed by atoms with Gasteiger partial charge in [-0.2, -0.15) is 0 Å². The topological polar surface area (TPSA) is 68.3 Å². The summed E-state index contributed by atoms with van der Waals surface area (Å²) in [6, 6.07) is 20.6.